The minimum Gasteiger partial charge on any atom is -0.323 e. The van der Waals surface area contributed by atoms with Crippen molar-refractivity contribution in [2.75, 3.05) is 13.3 Å². The van der Waals surface area contributed by atoms with Crippen molar-refractivity contribution < 1.29 is 0 Å². The van der Waals surface area contributed by atoms with Crippen LogP contribution in [0.4, 0.5) is 0 Å². The molecule has 0 saturated carbocycles. The van der Waals surface area contributed by atoms with Crippen molar-refractivity contribution >= 4 is 24.5 Å². The molecule has 0 aliphatic heterocycles. The molecule has 0 aliphatic rings. The van der Waals surface area contributed by atoms with Gasteiger partial charge in [0.1, 0.15) is 16.5 Å². The quantitative estimate of drug-likeness (QED) is 0.459. The Labute approximate surface area is 120 Å². The highest BCUT2D eigenvalue weighted by atomic mass is 31.1. The molecule has 0 fully saturated rings. The van der Waals surface area contributed by atoms with Crippen molar-refractivity contribution in [3.63, 3.8) is 0 Å². The summed E-state index contributed by atoms with van der Waals surface area (Å²) in [5, 5.41) is 0.879. The zero-order valence-electron chi connectivity index (χ0n) is 14.9. The van der Waals surface area contributed by atoms with E-state index in [4.69, 9.17) is 0 Å². The fourth-order valence-electron chi connectivity index (χ4n) is 2.33. The molecule has 0 unspecified atom stereocenters. The summed E-state index contributed by atoms with van der Waals surface area (Å²) in [6, 6.07) is 0. The van der Waals surface area contributed by atoms with Gasteiger partial charge >= 0.3 is 0 Å². The highest BCUT2D eigenvalue weighted by molar-refractivity contribution is 7.58. The molecule has 0 aliphatic carbocycles. The molecule has 0 spiro atoms. The second-order valence-corrected chi connectivity index (χ2v) is 22.2. The zero-order valence-corrected chi connectivity index (χ0v) is 17.8. The van der Waals surface area contributed by atoms with Gasteiger partial charge in [0.25, 0.3) is 0 Å². The Morgan fingerprint density at radius 1 is 0.667 bits per heavy atom. The third-order valence-electron chi connectivity index (χ3n) is 5.13. The largest absolute Gasteiger partial charge is 0.323 e. The van der Waals surface area contributed by atoms with Crippen LogP contribution in [-0.4, -0.2) is 33.8 Å². The van der Waals surface area contributed by atoms with Crippen molar-refractivity contribution in [1.29, 1.82) is 0 Å². The second-order valence-electron chi connectivity index (χ2n) is 8.78. The molecule has 0 aromatic carbocycles. The third-order valence-corrected chi connectivity index (χ3v) is 24.1. The number of hydrogen-bond acceptors (Lipinski definition) is 1. The highest BCUT2D eigenvalue weighted by Crippen LogP contribution is 2.55. The lowest BCUT2D eigenvalue weighted by atomic mass is 10.2. The van der Waals surface area contributed by atoms with Crippen LogP contribution in [0.1, 0.15) is 41.5 Å². The predicted octanol–water partition coefficient (Wildman–Crippen LogP) is 5.96. The summed E-state index contributed by atoms with van der Waals surface area (Å²) in [4.78, 5) is 0. The summed E-state index contributed by atoms with van der Waals surface area (Å²) in [5.74, 6) is 0. The standard InChI is InChI=1S/C14H36NPSi2/c1-13(2,3)17(9,10)15(16(7)8)18(11,12)14(4,5)6/h1-12H3. The Bertz CT molecular complexity index is 259. The van der Waals surface area contributed by atoms with Crippen molar-refractivity contribution in [3.8, 4) is 0 Å². The summed E-state index contributed by atoms with van der Waals surface area (Å²) in [6.45, 7) is 29.9. The van der Waals surface area contributed by atoms with E-state index >= 15 is 0 Å². The zero-order chi connectivity index (χ0) is 15.2. The molecule has 110 valence electrons. The molecule has 0 aromatic rings. The van der Waals surface area contributed by atoms with Crippen LogP contribution in [-0.2, 0) is 0 Å². The summed E-state index contributed by atoms with van der Waals surface area (Å²) in [5.41, 5.74) is 0. The molecular formula is C14H36NPSi2. The Kier molecular flexibility index (Phi) is 5.55. The van der Waals surface area contributed by atoms with E-state index in [2.05, 4.69) is 85.1 Å². The molecule has 0 amide bonds. The van der Waals surface area contributed by atoms with E-state index in [0.717, 1.165) is 0 Å². The Morgan fingerprint density at radius 3 is 1.00 bits per heavy atom. The van der Waals surface area contributed by atoms with E-state index in [-0.39, 0.29) is 8.07 Å². The molecule has 0 saturated heterocycles. The van der Waals surface area contributed by atoms with Gasteiger partial charge < -0.3 is 4.00 Å². The molecule has 4 heteroatoms. The van der Waals surface area contributed by atoms with E-state index in [1.54, 1.807) is 0 Å². The maximum Gasteiger partial charge on any atom is 0.124 e. The Hall–Kier alpha value is 0.824. The van der Waals surface area contributed by atoms with Crippen molar-refractivity contribution in [2.24, 2.45) is 0 Å². The van der Waals surface area contributed by atoms with Crippen molar-refractivity contribution in [1.82, 2.24) is 4.00 Å². The maximum absolute atomic E-state index is 3.05. The molecule has 0 rings (SSSR count). The first kappa shape index (κ1) is 18.8. The minimum atomic E-state index is -1.42. The Morgan fingerprint density at radius 2 is 0.889 bits per heavy atom. The molecule has 0 heterocycles. The van der Waals surface area contributed by atoms with E-state index in [1.165, 1.54) is 0 Å². The lowest BCUT2D eigenvalue weighted by Gasteiger charge is -2.58. The summed E-state index contributed by atoms with van der Waals surface area (Å²) in [6.07, 6.45) is 0. The number of nitrogens with zero attached hydrogens (tertiary/aromatic N) is 1. The van der Waals surface area contributed by atoms with Gasteiger partial charge in [0.15, 0.2) is 0 Å². The first-order chi connectivity index (χ1) is 7.57. The van der Waals surface area contributed by atoms with Gasteiger partial charge in [-0.1, -0.05) is 75.8 Å². The smallest absolute Gasteiger partial charge is 0.124 e. The van der Waals surface area contributed by atoms with Gasteiger partial charge in [-0.2, -0.15) is 0 Å². The van der Waals surface area contributed by atoms with Crippen molar-refractivity contribution in [2.45, 2.75) is 77.8 Å². The molecule has 0 aromatic heterocycles. The fourth-order valence-corrected chi connectivity index (χ4v) is 21.0. The van der Waals surface area contributed by atoms with Gasteiger partial charge in [-0.25, -0.2) is 0 Å². The SMILES string of the molecule is CP(C)N([Si](C)(C)C(C)(C)C)[Si](C)(C)C(C)(C)C. The van der Waals surface area contributed by atoms with Crippen LogP contribution in [0.15, 0.2) is 0 Å². The molecule has 0 atom stereocenters. The Balaban J connectivity index is 5.77. The van der Waals surface area contributed by atoms with Gasteiger partial charge in [0, 0.05) is 0 Å². The number of rotatable bonds is 3. The lowest BCUT2D eigenvalue weighted by molar-refractivity contribution is 0.634. The van der Waals surface area contributed by atoms with E-state index < -0.39 is 16.5 Å². The molecule has 1 nitrogen and oxygen atoms in total. The van der Waals surface area contributed by atoms with Gasteiger partial charge in [0.2, 0.25) is 0 Å². The molecule has 18 heavy (non-hydrogen) atoms. The maximum atomic E-state index is 3.05. The highest BCUT2D eigenvalue weighted by Gasteiger charge is 2.52. The van der Waals surface area contributed by atoms with Gasteiger partial charge in [-0.05, 0) is 23.4 Å². The van der Waals surface area contributed by atoms with Crippen LogP contribution in [0.2, 0.25) is 36.3 Å². The molecular weight excluding hydrogens is 269 g/mol. The van der Waals surface area contributed by atoms with E-state index in [9.17, 15) is 0 Å². The molecule has 0 bridgehead atoms. The number of hydrogen-bond donors (Lipinski definition) is 0. The van der Waals surface area contributed by atoms with E-state index in [0.29, 0.717) is 10.1 Å². The first-order valence-electron chi connectivity index (χ1n) is 7.04. The topological polar surface area (TPSA) is 3.24 Å². The van der Waals surface area contributed by atoms with Crippen LogP contribution >= 0.6 is 8.07 Å². The fraction of sp³-hybridized carbons (Fsp3) is 1.00. The van der Waals surface area contributed by atoms with Gasteiger partial charge in [-0.3, -0.25) is 0 Å². The third kappa shape index (κ3) is 3.47. The average molecular weight is 306 g/mol. The summed E-state index contributed by atoms with van der Waals surface area (Å²) < 4.78 is 3.05. The molecule has 0 N–H and O–H groups in total. The first-order valence-corrected chi connectivity index (χ1v) is 15.1. The summed E-state index contributed by atoms with van der Waals surface area (Å²) in [7, 11) is -2.85. The van der Waals surface area contributed by atoms with Gasteiger partial charge in [-0.15, -0.1) is 0 Å². The van der Waals surface area contributed by atoms with Crippen LogP contribution in [0, 0.1) is 0 Å². The summed E-state index contributed by atoms with van der Waals surface area (Å²) >= 11 is 0. The normalized spacial score (nSPS) is 15.7. The average Bonchev–Trinajstić information content (AvgIpc) is 1.96. The predicted molar refractivity (Wildman–Crippen MR) is 95.0 cm³/mol. The van der Waals surface area contributed by atoms with Crippen LogP contribution < -0.4 is 0 Å². The second kappa shape index (κ2) is 5.31. The lowest BCUT2D eigenvalue weighted by Crippen LogP contribution is -2.65. The van der Waals surface area contributed by atoms with Crippen LogP contribution in [0.25, 0.3) is 0 Å². The van der Waals surface area contributed by atoms with Crippen LogP contribution in [0.5, 0.6) is 0 Å². The molecule has 0 radical (unpaired) electrons. The van der Waals surface area contributed by atoms with Gasteiger partial charge in [0.05, 0.1) is 0 Å². The van der Waals surface area contributed by atoms with Crippen molar-refractivity contribution in [3.05, 3.63) is 0 Å². The van der Waals surface area contributed by atoms with Crippen LogP contribution in [0.3, 0.4) is 0 Å². The minimum absolute atomic E-state index is 0.0117. The monoisotopic (exact) mass is 305 g/mol. The van der Waals surface area contributed by atoms with E-state index in [1.807, 2.05) is 0 Å².